The molecule has 1 rings (SSSR count). The molecule has 1 fully saturated rings. The number of carbonyl (C=O) groups is 1. The molecule has 0 unspecified atom stereocenters. The summed E-state index contributed by atoms with van der Waals surface area (Å²) in [4.78, 5) is 14.1. The minimum atomic E-state index is -3.58. The molecule has 19 heavy (non-hydrogen) atoms. The standard InChI is InChI=1S/C12H25N3O3S/c1-10(2)9-11(13-19(17,18)14(3)4)12(16)15-7-5-6-8-15/h10-11,13H,5-9H2,1-4H3/t11-/m0/s1. The van der Waals surface area contributed by atoms with Crippen LogP contribution in [-0.2, 0) is 15.0 Å². The third-order valence-electron chi connectivity index (χ3n) is 3.19. The molecule has 0 aromatic heterocycles. The number of carbonyl (C=O) groups excluding carboxylic acids is 1. The van der Waals surface area contributed by atoms with Gasteiger partial charge in [0.25, 0.3) is 10.2 Å². The third kappa shape index (κ3) is 4.74. The predicted molar refractivity (Wildman–Crippen MR) is 74.8 cm³/mol. The molecule has 1 atom stereocenters. The number of likely N-dealkylation sites (tertiary alicyclic amines) is 1. The summed E-state index contributed by atoms with van der Waals surface area (Å²) in [5.74, 6) is 0.151. The summed E-state index contributed by atoms with van der Waals surface area (Å²) in [6.07, 6.45) is 2.52. The lowest BCUT2D eigenvalue weighted by Gasteiger charge is -2.26. The van der Waals surface area contributed by atoms with Gasteiger partial charge in [0.1, 0.15) is 6.04 Å². The molecule has 0 aliphatic carbocycles. The van der Waals surface area contributed by atoms with Crippen LogP contribution < -0.4 is 4.72 Å². The molecule has 0 bridgehead atoms. The Morgan fingerprint density at radius 3 is 2.21 bits per heavy atom. The van der Waals surface area contributed by atoms with Gasteiger partial charge < -0.3 is 4.90 Å². The first-order valence-electron chi connectivity index (χ1n) is 6.72. The van der Waals surface area contributed by atoms with E-state index in [4.69, 9.17) is 0 Å². The first-order chi connectivity index (χ1) is 8.74. The molecule has 6 nitrogen and oxygen atoms in total. The second-order valence-electron chi connectivity index (χ2n) is 5.62. The monoisotopic (exact) mass is 291 g/mol. The van der Waals surface area contributed by atoms with E-state index >= 15 is 0 Å². The van der Waals surface area contributed by atoms with E-state index in [2.05, 4.69) is 4.72 Å². The van der Waals surface area contributed by atoms with Gasteiger partial charge in [-0.15, -0.1) is 0 Å². The Hall–Kier alpha value is -0.660. The van der Waals surface area contributed by atoms with Gasteiger partial charge in [-0.1, -0.05) is 13.8 Å². The van der Waals surface area contributed by atoms with Crippen molar-refractivity contribution in [2.75, 3.05) is 27.2 Å². The lowest BCUT2D eigenvalue weighted by molar-refractivity contribution is -0.132. The quantitative estimate of drug-likeness (QED) is 0.771. The largest absolute Gasteiger partial charge is 0.341 e. The summed E-state index contributed by atoms with van der Waals surface area (Å²) in [6, 6.07) is -0.662. The van der Waals surface area contributed by atoms with Crippen LogP contribution in [0.15, 0.2) is 0 Å². The summed E-state index contributed by atoms with van der Waals surface area (Å²) in [6.45, 7) is 5.43. The van der Waals surface area contributed by atoms with Gasteiger partial charge in [-0.2, -0.15) is 17.4 Å². The number of nitrogens with zero attached hydrogens (tertiary/aromatic N) is 2. The zero-order chi connectivity index (χ0) is 14.6. The van der Waals surface area contributed by atoms with Crippen molar-refractivity contribution in [2.45, 2.75) is 39.2 Å². The van der Waals surface area contributed by atoms with Crippen LogP contribution in [0.25, 0.3) is 0 Å². The fraction of sp³-hybridized carbons (Fsp3) is 0.917. The van der Waals surface area contributed by atoms with E-state index in [1.807, 2.05) is 13.8 Å². The first-order valence-corrected chi connectivity index (χ1v) is 8.16. The Labute approximate surface area is 116 Å². The lowest BCUT2D eigenvalue weighted by atomic mass is 10.0. The average molecular weight is 291 g/mol. The molecule has 0 aromatic carbocycles. The molecule has 7 heteroatoms. The Kier molecular flexibility index (Phi) is 5.76. The highest BCUT2D eigenvalue weighted by Crippen LogP contribution is 2.14. The van der Waals surface area contributed by atoms with Gasteiger partial charge in [0.2, 0.25) is 5.91 Å². The van der Waals surface area contributed by atoms with Crippen molar-refractivity contribution in [1.29, 1.82) is 0 Å². The van der Waals surface area contributed by atoms with Crippen molar-refractivity contribution < 1.29 is 13.2 Å². The molecule has 112 valence electrons. The highest BCUT2D eigenvalue weighted by Gasteiger charge is 2.30. The summed E-state index contributed by atoms with van der Waals surface area (Å²) < 4.78 is 27.4. The van der Waals surface area contributed by atoms with Gasteiger partial charge in [-0.25, -0.2) is 0 Å². The Balaban J connectivity index is 2.79. The highest BCUT2D eigenvalue weighted by atomic mass is 32.2. The molecular weight excluding hydrogens is 266 g/mol. The van der Waals surface area contributed by atoms with E-state index in [1.165, 1.54) is 14.1 Å². The molecular formula is C12H25N3O3S. The van der Waals surface area contributed by atoms with Crippen LogP contribution in [-0.4, -0.2) is 56.8 Å². The molecule has 0 aromatic rings. The van der Waals surface area contributed by atoms with Gasteiger partial charge >= 0.3 is 0 Å². The minimum absolute atomic E-state index is 0.100. The molecule has 1 N–H and O–H groups in total. The van der Waals surface area contributed by atoms with Crippen LogP contribution in [0.2, 0.25) is 0 Å². The van der Waals surface area contributed by atoms with Crippen molar-refractivity contribution in [3.8, 4) is 0 Å². The third-order valence-corrected chi connectivity index (χ3v) is 4.74. The molecule has 0 radical (unpaired) electrons. The SMILES string of the molecule is CC(C)C[C@H](NS(=O)(=O)N(C)C)C(=O)N1CCCC1. The normalized spacial score (nSPS) is 18.3. The molecule has 1 saturated heterocycles. The van der Waals surface area contributed by atoms with Crippen LogP contribution in [0.5, 0.6) is 0 Å². The van der Waals surface area contributed by atoms with Gasteiger partial charge in [-0.05, 0) is 25.2 Å². The molecule has 0 saturated carbocycles. The first kappa shape index (κ1) is 16.4. The number of amides is 1. The van der Waals surface area contributed by atoms with E-state index < -0.39 is 16.3 Å². The van der Waals surface area contributed by atoms with Crippen LogP contribution >= 0.6 is 0 Å². The fourth-order valence-electron chi connectivity index (χ4n) is 2.11. The lowest BCUT2D eigenvalue weighted by Crippen LogP contribution is -2.51. The minimum Gasteiger partial charge on any atom is -0.341 e. The zero-order valence-electron chi connectivity index (χ0n) is 12.2. The van der Waals surface area contributed by atoms with Crippen molar-refractivity contribution >= 4 is 16.1 Å². The smallest absolute Gasteiger partial charge is 0.279 e. The van der Waals surface area contributed by atoms with E-state index in [0.29, 0.717) is 6.42 Å². The van der Waals surface area contributed by atoms with E-state index in [1.54, 1.807) is 4.90 Å². The summed E-state index contributed by atoms with van der Waals surface area (Å²) in [5.41, 5.74) is 0. The van der Waals surface area contributed by atoms with Gasteiger partial charge in [-0.3, -0.25) is 4.79 Å². The van der Waals surface area contributed by atoms with E-state index in [9.17, 15) is 13.2 Å². The molecule has 1 aliphatic rings. The van der Waals surface area contributed by atoms with Crippen molar-refractivity contribution in [1.82, 2.24) is 13.9 Å². The van der Waals surface area contributed by atoms with Crippen molar-refractivity contribution in [2.24, 2.45) is 5.92 Å². The number of hydrogen-bond acceptors (Lipinski definition) is 3. The van der Waals surface area contributed by atoms with Crippen molar-refractivity contribution in [3.05, 3.63) is 0 Å². The zero-order valence-corrected chi connectivity index (χ0v) is 13.0. The van der Waals surface area contributed by atoms with Gasteiger partial charge in [0, 0.05) is 27.2 Å². The predicted octanol–water partition coefficient (Wildman–Crippen LogP) is 0.420. The van der Waals surface area contributed by atoms with Crippen molar-refractivity contribution in [3.63, 3.8) is 0 Å². The molecule has 1 amide bonds. The second-order valence-corrected chi connectivity index (χ2v) is 7.54. The van der Waals surface area contributed by atoms with Crippen LogP contribution in [0.3, 0.4) is 0 Å². The van der Waals surface area contributed by atoms with Crippen LogP contribution in [0.1, 0.15) is 33.1 Å². The Bertz CT molecular complexity index is 400. The Morgan fingerprint density at radius 2 is 1.79 bits per heavy atom. The summed E-state index contributed by atoms with van der Waals surface area (Å²) >= 11 is 0. The highest BCUT2D eigenvalue weighted by molar-refractivity contribution is 7.87. The average Bonchev–Trinajstić information content (AvgIpc) is 2.79. The number of nitrogens with one attached hydrogen (secondary N) is 1. The summed E-state index contributed by atoms with van der Waals surface area (Å²) in [5, 5.41) is 0. The van der Waals surface area contributed by atoms with Crippen LogP contribution in [0, 0.1) is 5.92 Å². The molecule has 1 aliphatic heterocycles. The number of hydrogen-bond donors (Lipinski definition) is 1. The molecule has 0 spiro atoms. The Morgan fingerprint density at radius 1 is 1.26 bits per heavy atom. The number of rotatable bonds is 6. The topological polar surface area (TPSA) is 69.7 Å². The maximum atomic E-state index is 12.4. The van der Waals surface area contributed by atoms with E-state index in [-0.39, 0.29) is 11.8 Å². The maximum absolute atomic E-state index is 12.4. The van der Waals surface area contributed by atoms with Gasteiger partial charge in [0.15, 0.2) is 0 Å². The molecule has 1 heterocycles. The van der Waals surface area contributed by atoms with Crippen LogP contribution in [0.4, 0.5) is 0 Å². The second kappa shape index (κ2) is 6.67. The maximum Gasteiger partial charge on any atom is 0.279 e. The van der Waals surface area contributed by atoms with E-state index in [0.717, 1.165) is 30.2 Å². The van der Waals surface area contributed by atoms with Gasteiger partial charge in [0.05, 0.1) is 0 Å². The fourth-order valence-corrected chi connectivity index (χ4v) is 2.88. The summed E-state index contributed by atoms with van der Waals surface area (Å²) in [7, 11) is -0.675.